The zero-order chi connectivity index (χ0) is 19.2. The molecule has 1 unspecified atom stereocenters. The predicted octanol–water partition coefficient (Wildman–Crippen LogP) is 3.44. The van der Waals surface area contributed by atoms with E-state index in [1.165, 1.54) is 12.1 Å². The van der Waals surface area contributed by atoms with Crippen LogP contribution in [0.4, 0.5) is 14.9 Å². The molecule has 0 aliphatic heterocycles. The third-order valence-corrected chi connectivity index (χ3v) is 4.19. The molecular weight excluding hydrogens is 345 g/mol. The molecule has 1 atom stereocenters. The van der Waals surface area contributed by atoms with Gasteiger partial charge in [-0.1, -0.05) is 18.2 Å². The SMILES string of the molecule is CN(C)C(CNC(=O)Nc1cccc(-n2cccn2)c1)c1cccc(F)c1. The van der Waals surface area contributed by atoms with E-state index in [1.54, 1.807) is 16.9 Å². The van der Waals surface area contributed by atoms with Crippen molar-refractivity contribution in [3.63, 3.8) is 0 Å². The third kappa shape index (κ3) is 4.92. The van der Waals surface area contributed by atoms with Gasteiger partial charge < -0.3 is 15.5 Å². The maximum absolute atomic E-state index is 13.5. The number of anilines is 1. The van der Waals surface area contributed by atoms with Crippen molar-refractivity contribution in [3.05, 3.63) is 78.4 Å². The molecule has 2 amide bonds. The lowest BCUT2D eigenvalue weighted by atomic mass is 10.1. The molecule has 3 aromatic rings. The van der Waals surface area contributed by atoms with Crippen LogP contribution in [0, 0.1) is 5.82 Å². The van der Waals surface area contributed by atoms with Gasteiger partial charge in [0.2, 0.25) is 0 Å². The molecule has 0 aliphatic rings. The number of hydrogen-bond acceptors (Lipinski definition) is 3. The highest BCUT2D eigenvalue weighted by atomic mass is 19.1. The van der Waals surface area contributed by atoms with E-state index in [4.69, 9.17) is 0 Å². The first-order chi connectivity index (χ1) is 13.0. The molecule has 0 saturated heterocycles. The van der Waals surface area contributed by atoms with Crippen LogP contribution in [0.5, 0.6) is 0 Å². The number of amides is 2. The van der Waals surface area contributed by atoms with Crippen LogP contribution in [0.25, 0.3) is 5.69 Å². The van der Waals surface area contributed by atoms with Crippen LogP contribution in [-0.2, 0) is 0 Å². The van der Waals surface area contributed by atoms with Gasteiger partial charge in [-0.15, -0.1) is 0 Å². The molecule has 2 aromatic carbocycles. The molecule has 1 aromatic heterocycles. The Morgan fingerprint density at radius 2 is 2.00 bits per heavy atom. The largest absolute Gasteiger partial charge is 0.336 e. The summed E-state index contributed by atoms with van der Waals surface area (Å²) in [7, 11) is 3.78. The van der Waals surface area contributed by atoms with E-state index < -0.39 is 0 Å². The molecule has 2 N–H and O–H groups in total. The fourth-order valence-electron chi connectivity index (χ4n) is 2.82. The summed E-state index contributed by atoms with van der Waals surface area (Å²) in [6.45, 7) is 0.348. The van der Waals surface area contributed by atoms with Crippen LogP contribution >= 0.6 is 0 Å². The zero-order valence-electron chi connectivity index (χ0n) is 15.3. The maximum Gasteiger partial charge on any atom is 0.319 e. The Kier molecular flexibility index (Phi) is 5.83. The molecular formula is C20H22FN5O. The molecule has 7 heteroatoms. The van der Waals surface area contributed by atoms with Crippen LogP contribution in [0.2, 0.25) is 0 Å². The van der Waals surface area contributed by atoms with E-state index in [2.05, 4.69) is 15.7 Å². The number of urea groups is 1. The quantitative estimate of drug-likeness (QED) is 0.702. The molecule has 0 spiro atoms. The topological polar surface area (TPSA) is 62.2 Å². The number of halogens is 1. The lowest BCUT2D eigenvalue weighted by Crippen LogP contribution is -2.36. The minimum absolute atomic E-state index is 0.137. The minimum Gasteiger partial charge on any atom is -0.336 e. The Morgan fingerprint density at radius 1 is 1.19 bits per heavy atom. The summed E-state index contributed by atoms with van der Waals surface area (Å²) in [5, 5.41) is 9.84. The van der Waals surface area contributed by atoms with E-state index >= 15 is 0 Å². The summed E-state index contributed by atoms with van der Waals surface area (Å²) >= 11 is 0. The summed E-state index contributed by atoms with van der Waals surface area (Å²) in [6.07, 6.45) is 3.53. The molecule has 0 radical (unpaired) electrons. The van der Waals surface area contributed by atoms with Crippen LogP contribution < -0.4 is 10.6 Å². The van der Waals surface area contributed by atoms with Gasteiger partial charge in [0, 0.05) is 24.6 Å². The molecule has 3 rings (SSSR count). The Bertz CT molecular complexity index is 895. The second-order valence-corrected chi connectivity index (χ2v) is 6.37. The number of hydrogen-bond donors (Lipinski definition) is 2. The lowest BCUT2D eigenvalue weighted by molar-refractivity contribution is 0.243. The van der Waals surface area contributed by atoms with Crippen molar-refractivity contribution in [2.75, 3.05) is 26.0 Å². The molecule has 140 valence electrons. The number of aromatic nitrogens is 2. The highest BCUT2D eigenvalue weighted by molar-refractivity contribution is 5.89. The van der Waals surface area contributed by atoms with Crippen molar-refractivity contribution in [1.29, 1.82) is 0 Å². The van der Waals surface area contributed by atoms with Gasteiger partial charge in [-0.25, -0.2) is 13.9 Å². The number of carbonyl (C=O) groups is 1. The lowest BCUT2D eigenvalue weighted by Gasteiger charge is -2.25. The Hall–Kier alpha value is -3.19. The Balaban J connectivity index is 1.62. The van der Waals surface area contributed by atoms with Crippen molar-refractivity contribution >= 4 is 11.7 Å². The molecule has 1 heterocycles. The first-order valence-electron chi connectivity index (χ1n) is 8.60. The second kappa shape index (κ2) is 8.46. The predicted molar refractivity (Wildman–Crippen MR) is 103 cm³/mol. The molecule has 0 bridgehead atoms. The fraction of sp³-hybridized carbons (Fsp3) is 0.200. The van der Waals surface area contributed by atoms with Gasteiger partial charge in [0.15, 0.2) is 0 Å². The fourth-order valence-corrected chi connectivity index (χ4v) is 2.82. The smallest absolute Gasteiger partial charge is 0.319 e. The average Bonchev–Trinajstić information content (AvgIpc) is 3.16. The molecule has 0 aliphatic carbocycles. The van der Waals surface area contributed by atoms with E-state index in [-0.39, 0.29) is 17.9 Å². The number of carbonyl (C=O) groups excluding carboxylic acids is 1. The summed E-state index contributed by atoms with van der Waals surface area (Å²) in [4.78, 5) is 14.2. The van der Waals surface area contributed by atoms with Crippen molar-refractivity contribution in [3.8, 4) is 5.69 Å². The van der Waals surface area contributed by atoms with Crippen molar-refractivity contribution in [2.45, 2.75) is 6.04 Å². The summed E-state index contributed by atoms with van der Waals surface area (Å²) in [6, 6.07) is 15.2. The minimum atomic E-state index is -0.323. The van der Waals surface area contributed by atoms with Crippen LogP contribution in [-0.4, -0.2) is 41.4 Å². The number of nitrogens with zero attached hydrogens (tertiary/aromatic N) is 3. The normalized spacial score (nSPS) is 12.0. The van der Waals surface area contributed by atoms with Gasteiger partial charge in [-0.2, -0.15) is 5.10 Å². The van der Waals surface area contributed by atoms with Gasteiger partial charge in [-0.05, 0) is 56.1 Å². The second-order valence-electron chi connectivity index (χ2n) is 6.37. The average molecular weight is 367 g/mol. The Morgan fingerprint density at radius 3 is 2.70 bits per heavy atom. The number of nitrogens with one attached hydrogen (secondary N) is 2. The molecule has 27 heavy (non-hydrogen) atoms. The highest BCUT2D eigenvalue weighted by Crippen LogP contribution is 2.18. The monoisotopic (exact) mass is 367 g/mol. The summed E-state index contributed by atoms with van der Waals surface area (Å²) < 4.78 is 15.2. The van der Waals surface area contributed by atoms with E-state index in [9.17, 15) is 9.18 Å². The number of likely N-dealkylation sites (N-methyl/N-ethyl adjacent to an activating group) is 1. The van der Waals surface area contributed by atoms with Gasteiger partial charge in [-0.3, -0.25) is 0 Å². The van der Waals surface area contributed by atoms with Gasteiger partial charge in [0.05, 0.1) is 11.7 Å². The van der Waals surface area contributed by atoms with Crippen molar-refractivity contribution in [1.82, 2.24) is 20.0 Å². The summed E-state index contributed by atoms with van der Waals surface area (Å²) in [5.74, 6) is -0.292. The van der Waals surface area contributed by atoms with Crippen LogP contribution in [0.3, 0.4) is 0 Å². The van der Waals surface area contributed by atoms with E-state index in [1.807, 2.05) is 61.6 Å². The van der Waals surface area contributed by atoms with Gasteiger partial charge >= 0.3 is 6.03 Å². The first-order valence-corrected chi connectivity index (χ1v) is 8.60. The van der Waals surface area contributed by atoms with Crippen molar-refractivity contribution in [2.24, 2.45) is 0 Å². The van der Waals surface area contributed by atoms with Crippen LogP contribution in [0.15, 0.2) is 67.0 Å². The summed E-state index contributed by atoms with van der Waals surface area (Å²) in [5.41, 5.74) is 2.32. The third-order valence-electron chi connectivity index (χ3n) is 4.19. The van der Waals surface area contributed by atoms with Gasteiger partial charge in [0.1, 0.15) is 5.82 Å². The number of benzene rings is 2. The highest BCUT2D eigenvalue weighted by Gasteiger charge is 2.16. The van der Waals surface area contributed by atoms with Gasteiger partial charge in [0.25, 0.3) is 0 Å². The maximum atomic E-state index is 13.5. The zero-order valence-corrected chi connectivity index (χ0v) is 15.3. The standard InChI is InChI=1S/C20H22FN5O/c1-25(2)19(15-6-3-7-16(21)12-15)14-22-20(27)24-17-8-4-9-18(13-17)26-11-5-10-23-26/h3-13,19H,14H2,1-2H3,(H2,22,24,27). The molecule has 0 fully saturated rings. The Labute approximate surface area is 157 Å². The molecule has 0 saturated carbocycles. The number of rotatable bonds is 6. The van der Waals surface area contributed by atoms with Crippen molar-refractivity contribution < 1.29 is 9.18 Å². The first kappa shape index (κ1) is 18.6. The van der Waals surface area contributed by atoms with Crippen LogP contribution in [0.1, 0.15) is 11.6 Å². The van der Waals surface area contributed by atoms with E-state index in [0.29, 0.717) is 12.2 Å². The molecule has 6 nitrogen and oxygen atoms in total. The van der Waals surface area contributed by atoms with E-state index in [0.717, 1.165) is 11.3 Å².